The highest BCUT2D eigenvalue weighted by Gasteiger charge is 2.28. The Balaban J connectivity index is 1.08. The molecule has 1 aliphatic rings. The summed E-state index contributed by atoms with van der Waals surface area (Å²) >= 11 is 5.57. The second-order valence-corrected chi connectivity index (χ2v) is 9.90. The van der Waals surface area contributed by atoms with Crippen molar-refractivity contribution >= 4 is 39.7 Å². The molecule has 4 aromatic carbocycles. The van der Waals surface area contributed by atoms with Gasteiger partial charge < -0.3 is 14.4 Å². The molecule has 4 aromatic rings. The molecule has 7 heteroatoms. The van der Waals surface area contributed by atoms with Gasteiger partial charge in [-0.05, 0) is 79.7 Å². The minimum atomic E-state index is -0.389. The van der Waals surface area contributed by atoms with E-state index in [0.29, 0.717) is 30.4 Å². The Labute approximate surface area is 233 Å². The number of rotatable bonds is 9. The van der Waals surface area contributed by atoms with Crippen LogP contribution in [0.3, 0.4) is 0 Å². The number of unbranched alkanes of at least 4 members (excludes halogenated alkanes) is 2. The topological polar surface area (TPSA) is 50.8 Å². The van der Waals surface area contributed by atoms with Crippen molar-refractivity contribution in [3.05, 3.63) is 108 Å². The van der Waals surface area contributed by atoms with E-state index in [-0.39, 0.29) is 17.8 Å². The molecule has 39 heavy (non-hydrogen) atoms. The molecule has 1 atom stereocenters. The highest BCUT2D eigenvalue weighted by Crippen LogP contribution is 2.36. The number of thiocarbonyl (C=S) groups is 1. The Morgan fingerprint density at radius 2 is 1.64 bits per heavy atom. The number of benzene rings is 4. The molecule has 0 saturated heterocycles. The molecule has 1 unspecified atom stereocenters. The van der Waals surface area contributed by atoms with Gasteiger partial charge in [0.05, 0.1) is 12.7 Å². The van der Waals surface area contributed by atoms with E-state index in [1.807, 2.05) is 47.4 Å². The molecule has 0 saturated carbocycles. The maximum absolute atomic E-state index is 13.2. The molecule has 0 spiro atoms. The lowest BCUT2D eigenvalue weighted by atomic mass is 9.99. The van der Waals surface area contributed by atoms with Crippen LogP contribution in [0, 0.1) is 5.82 Å². The average Bonchev–Trinajstić information content (AvgIpc) is 2.97. The van der Waals surface area contributed by atoms with Gasteiger partial charge in [-0.3, -0.25) is 10.1 Å². The van der Waals surface area contributed by atoms with Gasteiger partial charge in [-0.1, -0.05) is 54.6 Å². The predicted octanol–water partition coefficient (Wildman–Crippen LogP) is 7.21. The van der Waals surface area contributed by atoms with Gasteiger partial charge in [0, 0.05) is 35.4 Å². The molecule has 1 heterocycles. The van der Waals surface area contributed by atoms with Crippen LogP contribution >= 0.6 is 12.2 Å². The number of anilines is 1. The van der Waals surface area contributed by atoms with Crippen LogP contribution < -0.4 is 15.0 Å². The Morgan fingerprint density at radius 3 is 2.51 bits per heavy atom. The number of halogens is 1. The van der Waals surface area contributed by atoms with E-state index in [0.717, 1.165) is 48.1 Å². The van der Waals surface area contributed by atoms with Crippen LogP contribution in [0.5, 0.6) is 5.75 Å². The fourth-order valence-electron chi connectivity index (χ4n) is 4.86. The maximum atomic E-state index is 13.2. The summed E-state index contributed by atoms with van der Waals surface area (Å²) in [5.41, 5.74) is 2.34. The molecule has 1 N–H and O–H groups in total. The number of ether oxygens (including phenoxy) is 2. The maximum Gasteiger partial charge on any atom is 0.257 e. The van der Waals surface area contributed by atoms with Gasteiger partial charge >= 0.3 is 0 Å². The highest BCUT2D eigenvalue weighted by molar-refractivity contribution is 7.80. The van der Waals surface area contributed by atoms with Crippen LogP contribution in [0.1, 0.15) is 47.7 Å². The second kappa shape index (κ2) is 12.8. The van der Waals surface area contributed by atoms with Crippen molar-refractivity contribution in [2.24, 2.45) is 0 Å². The average molecular weight is 543 g/mol. The summed E-state index contributed by atoms with van der Waals surface area (Å²) < 4.78 is 25.5. The number of nitrogens with one attached hydrogen (secondary N) is 1. The van der Waals surface area contributed by atoms with Crippen LogP contribution in [-0.2, 0) is 4.74 Å². The van der Waals surface area contributed by atoms with Gasteiger partial charge in [0.1, 0.15) is 11.6 Å². The largest absolute Gasteiger partial charge is 0.493 e. The summed E-state index contributed by atoms with van der Waals surface area (Å²) in [5, 5.41) is 5.43. The summed E-state index contributed by atoms with van der Waals surface area (Å²) in [6, 6.07) is 27.8. The standard InChI is InChI=1S/C32H31FN2O3S/c33-25-17-15-24(16-18-25)31(36)34-32(39)35-20-19-30(27-12-4-5-13-28(27)35)38-22-7-1-6-21-37-29-14-8-10-23-9-2-3-11-26(23)29/h2-5,8-18,30H,1,6-7,19-22H2,(H,34,36,39). The predicted molar refractivity (Wildman–Crippen MR) is 157 cm³/mol. The van der Waals surface area contributed by atoms with E-state index < -0.39 is 0 Å². The summed E-state index contributed by atoms with van der Waals surface area (Å²) in [6.07, 6.45) is 3.66. The number of hydrogen-bond donors (Lipinski definition) is 1. The number of para-hydroxylation sites is 1. The molecule has 5 rings (SSSR count). The van der Waals surface area contributed by atoms with Gasteiger partial charge in [0.15, 0.2) is 5.11 Å². The monoisotopic (exact) mass is 542 g/mol. The zero-order chi connectivity index (χ0) is 27.0. The number of carbonyl (C=O) groups excluding carboxylic acids is 1. The molecule has 0 aromatic heterocycles. The second-order valence-electron chi connectivity index (χ2n) is 9.51. The van der Waals surface area contributed by atoms with E-state index in [1.54, 1.807) is 0 Å². The molecule has 5 nitrogen and oxygen atoms in total. The molecule has 0 aliphatic carbocycles. The summed E-state index contributed by atoms with van der Waals surface area (Å²) in [6.45, 7) is 1.97. The van der Waals surface area contributed by atoms with Crippen LogP contribution in [0.4, 0.5) is 10.1 Å². The smallest absolute Gasteiger partial charge is 0.257 e. The van der Waals surface area contributed by atoms with Gasteiger partial charge in [0.25, 0.3) is 5.91 Å². The van der Waals surface area contributed by atoms with Crippen molar-refractivity contribution in [3.63, 3.8) is 0 Å². The van der Waals surface area contributed by atoms with Crippen LogP contribution in [-0.4, -0.2) is 30.8 Å². The van der Waals surface area contributed by atoms with Crippen molar-refractivity contribution in [2.75, 3.05) is 24.7 Å². The first-order chi connectivity index (χ1) is 19.1. The Kier molecular flexibility index (Phi) is 8.81. The van der Waals surface area contributed by atoms with Crippen LogP contribution in [0.2, 0.25) is 0 Å². The van der Waals surface area contributed by atoms with Crippen molar-refractivity contribution in [1.82, 2.24) is 5.32 Å². The fraction of sp³-hybridized carbons (Fsp3) is 0.250. The molecule has 0 fully saturated rings. The Bertz CT molecular complexity index is 1440. The molecular weight excluding hydrogens is 511 g/mol. The molecule has 0 radical (unpaired) electrons. The minimum absolute atomic E-state index is 0.0278. The van der Waals surface area contributed by atoms with Crippen molar-refractivity contribution < 1.29 is 18.7 Å². The zero-order valence-corrected chi connectivity index (χ0v) is 22.5. The number of fused-ring (bicyclic) bond motifs is 2. The Morgan fingerprint density at radius 1 is 0.897 bits per heavy atom. The van der Waals surface area contributed by atoms with E-state index >= 15 is 0 Å². The third-order valence-corrected chi connectivity index (χ3v) is 7.20. The lowest BCUT2D eigenvalue weighted by molar-refractivity contribution is 0.0431. The molecule has 0 bridgehead atoms. The van der Waals surface area contributed by atoms with E-state index in [9.17, 15) is 9.18 Å². The normalized spacial score (nSPS) is 14.6. The first-order valence-electron chi connectivity index (χ1n) is 13.3. The fourth-order valence-corrected chi connectivity index (χ4v) is 5.14. The third kappa shape index (κ3) is 6.61. The Hall–Kier alpha value is -3.81. The molecule has 1 aliphatic heterocycles. The van der Waals surface area contributed by atoms with E-state index in [1.165, 1.54) is 29.7 Å². The lowest BCUT2D eigenvalue weighted by Crippen LogP contribution is -2.45. The SMILES string of the molecule is O=C(NC(=S)N1CCC(OCCCCCOc2cccc3ccccc23)c2ccccc21)c1ccc(F)cc1. The number of amides is 1. The summed E-state index contributed by atoms with van der Waals surface area (Å²) in [7, 11) is 0. The summed E-state index contributed by atoms with van der Waals surface area (Å²) in [4.78, 5) is 14.5. The quantitative estimate of drug-likeness (QED) is 0.179. The van der Waals surface area contributed by atoms with E-state index in [4.69, 9.17) is 21.7 Å². The van der Waals surface area contributed by atoms with Crippen molar-refractivity contribution in [2.45, 2.75) is 31.8 Å². The van der Waals surface area contributed by atoms with Gasteiger partial charge in [0.2, 0.25) is 0 Å². The number of hydrogen-bond acceptors (Lipinski definition) is 4. The van der Waals surface area contributed by atoms with Crippen LogP contribution in [0.15, 0.2) is 91.0 Å². The first kappa shape index (κ1) is 26.8. The van der Waals surface area contributed by atoms with Crippen LogP contribution in [0.25, 0.3) is 10.8 Å². The molecule has 1 amide bonds. The molecule has 200 valence electrons. The molecular formula is C32H31FN2O3S. The lowest BCUT2D eigenvalue weighted by Gasteiger charge is -2.35. The number of nitrogens with zero attached hydrogens (tertiary/aromatic N) is 1. The van der Waals surface area contributed by atoms with Gasteiger partial charge in [-0.2, -0.15) is 0 Å². The highest BCUT2D eigenvalue weighted by atomic mass is 32.1. The van der Waals surface area contributed by atoms with Gasteiger partial charge in [-0.25, -0.2) is 4.39 Å². The van der Waals surface area contributed by atoms with Crippen molar-refractivity contribution in [3.8, 4) is 5.75 Å². The van der Waals surface area contributed by atoms with Gasteiger partial charge in [-0.15, -0.1) is 0 Å². The third-order valence-electron chi connectivity index (χ3n) is 6.88. The summed E-state index contributed by atoms with van der Waals surface area (Å²) in [5.74, 6) is 0.180. The van der Waals surface area contributed by atoms with Crippen molar-refractivity contribution in [1.29, 1.82) is 0 Å². The zero-order valence-electron chi connectivity index (χ0n) is 21.6. The van der Waals surface area contributed by atoms with E-state index in [2.05, 4.69) is 29.6 Å². The minimum Gasteiger partial charge on any atom is -0.493 e. The first-order valence-corrected chi connectivity index (χ1v) is 13.7. The number of carbonyl (C=O) groups is 1.